The first-order valence-corrected chi connectivity index (χ1v) is 11.4. The van der Waals surface area contributed by atoms with Crippen LogP contribution in [0, 0.1) is 0 Å². The first kappa shape index (κ1) is 22.6. The Kier molecular flexibility index (Phi) is 6.78. The van der Waals surface area contributed by atoms with Crippen LogP contribution in [0.25, 0.3) is 0 Å². The number of rotatable bonds is 8. The number of hydrogen-bond donors (Lipinski definition) is 1. The normalized spacial score (nSPS) is 19.5. The molecule has 0 fully saturated rings. The van der Waals surface area contributed by atoms with Gasteiger partial charge in [0.15, 0.2) is 0 Å². The van der Waals surface area contributed by atoms with E-state index < -0.39 is 0 Å². The van der Waals surface area contributed by atoms with Crippen molar-refractivity contribution in [3.63, 3.8) is 0 Å². The maximum Gasteiger partial charge on any atom is 0.275 e. The van der Waals surface area contributed by atoms with Gasteiger partial charge >= 0.3 is 0 Å². The lowest BCUT2D eigenvalue weighted by Crippen LogP contribution is -2.44. The predicted molar refractivity (Wildman–Crippen MR) is 134 cm³/mol. The van der Waals surface area contributed by atoms with E-state index in [0.717, 1.165) is 19.4 Å². The molecule has 1 amide bonds. The van der Waals surface area contributed by atoms with E-state index in [9.17, 15) is 4.79 Å². The Balaban J connectivity index is 1.55. The molecule has 0 spiro atoms. The summed E-state index contributed by atoms with van der Waals surface area (Å²) in [6, 6.07) is 26.7. The highest BCUT2D eigenvalue weighted by molar-refractivity contribution is 5.97. The summed E-state index contributed by atoms with van der Waals surface area (Å²) in [5.41, 5.74) is 7.02. The molecule has 0 radical (unpaired) electrons. The number of anilines is 1. The van der Waals surface area contributed by atoms with Crippen molar-refractivity contribution in [2.45, 2.75) is 38.1 Å². The highest BCUT2D eigenvalue weighted by atomic mass is 16.5. The Bertz CT molecular complexity index is 1130. The highest BCUT2D eigenvalue weighted by Gasteiger charge is 2.46. The minimum Gasteiger partial charge on any atom is -0.496 e. The number of methoxy groups -OCH3 is 1. The fourth-order valence-corrected chi connectivity index (χ4v) is 5.06. The molecule has 0 aromatic heterocycles. The van der Waals surface area contributed by atoms with Crippen LogP contribution in [0.4, 0.5) is 5.69 Å². The molecule has 33 heavy (non-hydrogen) atoms. The topological polar surface area (TPSA) is 53.9 Å². The van der Waals surface area contributed by atoms with E-state index in [1.54, 1.807) is 19.2 Å². The van der Waals surface area contributed by atoms with Crippen LogP contribution in [0.5, 0.6) is 5.75 Å². The van der Waals surface area contributed by atoms with Crippen molar-refractivity contribution in [2.24, 2.45) is 5.10 Å². The number of hydrogen-bond acceptors (Lipinski definition) is 4. The average Bonchev–Trinajstić information content (AvgIpc) is 3.09. The molecule has 1 aliphatic heterocycles. The van der Waals surface area contributed by atoms with E-state index in [1.165, 1.54) is 16.8 Å². The van der Waals surface area contributed by atoms with Crippen LogP contribution in [-0.2, 0) is 11.8 Å². The molecule has 0 saturated carbocycles. The van der Waals surface area contributed by atoms with Crippen molar-refractivity contribution in [1.82, 2.24) is 5.43 Å². The van der Waals surface area contributed by atoms with Gasteiger partial charge in [0.05, 0.1) is 12.7 Å². The molecule has 1 aliphatic rings. The van der Waals surface area contributed by atoms with Gasteiger partial charge in [-0.3, -0.25) is 4.79 Å². The van der Waals surface area contributed by atoms with Crippen molar-refractivity contribution < 1.29 is 9.53 Å². The number of amides is 1. The number of ether oxygens (including phenoxy) is 1. The summed E-state index contributed by atoms with van der Waals surface area (Å²) < 4.78 is 5.28. The summed E-state index contributed by atoms with van der Waals surface area (Å²) in [5, 5.41) is 4.28. The lowest BCUT2D eigenvalue weighted by Gasteiger charge is -2.36. The van der Waals surface area contributed by atoms with Gasteiger partial charge in [-0.15, -0.1) is 0 Å². The second-order valence-electron chi connectivity index (χ2n) is 8.59. The van der Waals surface area contributed by atoms with Gasteiger partial charge in [-0.05, 0) is 42.7 Å². The van der Waals surface area contributed by atoms with Crippen LogP contribution in [0.15, 0.2) is 84.0 Å². The van der Waals surface area contributed by atoms with E-state index in [1.807, 2.05) is 18.3 Å². The Morgan fingerprint density at radius 3 is 2.52 bits per heavy atom. The lowest BCUT2D eigenvalue weighted by atomic mass is 9.73. The Labute approximate surface area is 196 Å². The van der Waals surface area contributed by atoms with Crippen LogP contribution < -0.4 is 15.1 Å². The van der Waals surface area contributed by atoms with Gasteiger partial charge in [-0.2, -0.15) is 5.10 Å². The zero-order valence-electron chi connectivity index (χ0n) is 19.5. The molecule has 2 atom stereocenters. The van der Waals surface area contributed by atoms with Gasteiger partial charge in [-0.25, -0.2) is 5.43 Å². The number of hydrazone groups is 1. The number of nitrogens with one attached hydrogen (secondary N) is 1. The third kappa shape index (κ3) is 4.49. The molecular weight excluding hydrogens is 410 g/mol. The molecule has 3 aromatic carbocycles. The van der Waals surface area contributed by atoms with Crippen molar-refractivity contribution in [3.05, 3.63) is 95.6 Å². The number of para-hydroxylation sites is 2. The molecule has 170 valence electrons. The first-order valence-electron chi connectivity index (χ1n) is 11.4. The molecule has 3 aromatic rings. The maximum atomic E-state index is 12.6. The third-order valence-corrected chi connectivity index (χ3v) is 6.63. The van der Waals surface area contributed by atoms with Crippen LogP contribution in [-0.4, -0.2) is 31.8 Å². The van der Waals surface area contributed by atoms with E-state index in [-0.39, 0.29) is 17.4 Å². The summed E-state index contributed by atoms with van der Waals surface area (Å²) in [6.45, 7) is 5.45. The second-order valence-corrected chi connectivity index (χ2v) is 8.59. The first-order chi connectivity index (χ1) is 16.1. The van der Waals surface area contributed by atoms with Gasteiger partial charge in [0.2, 0.25) is 0 Å². The van der Waals surface area contributed by atoms with Crippen molar-refractivity contribution in [1.29, 1.82) is 0 Å². The van der Waals surface area contributed by atoms with Crippen LogP contribution in [0.1, 0.15) is 41.8 Å². The fourth-order valence-electron chi connectivity index (χ4n) is 5.06. The van der Waals surface area contributed by atoms with Crippen molar-refractivity contribution >= 4 is 17.8 Å². The molecule has 0 aliphatic carbocycles. The third-order valence-electron chi connectivity index (χ3n) is 6.63. The van der Waals surface area contributed by atoms with E-state index in [0.29, 0.717) is 11.3 Å². The molecule has 2 unspecified atom stereocenters. The molecule has 5 heteroatoms. The number of nitrogens with zero attached hydrogens (tertiary/aromatic N) is 2. The second kappa shape index (κ2) is 9.90. The summed E-state index contributed by atoms with van der Waals surface area (Å²) in [4.78, 5) is 15.0. The molecular formula is C28H31N3O2. The predicted octanol–water partition coefficient (Wildman–Crippen LogP) is 5.21. The van der Waals surface area contributed by atoms with Gasteiger partial charge in [0, 0.05) is 36.3 Å². The zero-order valence-corrected chi connectivity index (χ0v) is 19.5. The molecule has 1 heterocycles. The largest absolute Gasteiger partial charge is 0.496 e. The number of likely N-dealkylation sites (N-methyl/N-ethyl adjacent to an activating group) is 1. The monoisotopic (exact) mass is 441 g/mol. The maximum absolute atomic E-state index is 12.6. The van der Waals surface area contributed by atoms with E-state index in [2.05, 4.69) is 83.9 Å². The van der Waals surface area contributed by atoms with Gasteiger partial charge in [0.25, 0.3) is 5.91 Å². The smallest absolute Gasteiger partial charge is 0.275 e. The lowest BCUT2D eigenvalue weighted by molar-refractivity contribution is 0.0952. The minimum absolute atomic E-state index is 0.0768. The quantitative estimate of drug-likeness (QED) is 0.386. The average molecular weight is 442 g/mol. The van der Waals surface area contributed by atoms with E-state index >= 15 is 0 Å². The van der Waals surface area contributed by atoms with Crippen molar-refractivity contribution in [2.75, 3.05) is 18.6 Å². The van der Waals surface area contributed by atoms with Crippen LogP contribution in [0.2, 0.25) is 0 Å². The Morgan fingerprint density at radius 2 is 1.76 bits per heavy atom. The van der Waals surface area contributed by atoms with Crippen LogP contribution in [0.3, 0.4) is 0 Å². The molecule has 0 bridgehead atoms. The number of carbonyl (C=O) groups excluding carboxylic acids is 1. The van der Waals surface area contributed by atoms with Crippen LogP contribution >= 0.6 is 0 Å². The SMILES string of the molecule is CCN1c2ccccc2C(C)(Cc2ccccc2)C1C/C=N/NC(=O)c1ccccc1OC. The summed E-state index contributed by atoms with van der Waals surface area (Å²) >= 11 is 0. The zero-order chi connectivity index (χ0) is 23.3. The summed E-state index contributed by atoms with van der Waals surface area (Å²) in [6.07, 6.45) is 3.49. The molecule has 0 saturated heterocycles. The van der Waals surface area contributed by atoms with E-state index in [4.69, 9.17) is 4.74 Å². The summed E-state index contributed by atoms with van der Waals surface area (Å²) in [5.74, 6) is 0.252. The Morgan fingerprint density at radius 1 is 1.06 bits per heavy atom. The summed E-state index contributed by atoms with van der Waals surface area (Å²) in [7, 11) is 1.56. The fraction of sp³-hybridized carbons (Fsp3) is 0.286. The molecule has 4 rings (SSSR count). The highest BCUT2D eigenvalue weighted by Crippen LogP contribution is 2.47. The number of benzene rings is 3. The Hall–Kier alpha value is -3.60. The standard InChI is InChI=1S/C28H31N3O2/c1-4-31-24-16-10-9-15-23(24)28(2,20-21-12-6-5-7-13-21)26(31)18-19-29-30-27(32)22-14-8-11-17-25(22)33-3/h5-17,19,26H,4,18,20H2,1-3H3,(H,30,32)/b29-19+. The molecule has 1 N–H and O–H groups in total. The van der Waals surface area contributed by atoms with Gasteiger partial charge in [0.1, 0.15) is 5.75 Å². The minimum atomic E-state index is -0.280. The van der Waals surface area contributed by atoms with Gasteiger partial charge in [-0.1, -0.05) is 67.6 Å². The number of fused-ring (bicyclic) bond motifs is 1. The number of carbonyl (C=O) groups is 1. The van der Waals surface area contributed by atoms with Gasteiger partial charge < -0.3 is 9.64 Å². The van der Waals surface area contributed by atoms with Crippen molar-refractivity contribution in [3.8, 4) is 5.75 Å². The molecule has 5 nitrogen and oxygen atoms in total.